The van der Waals surface area contributed by atoms with Crippen LogP contribution in [0.2, 0.25) is 0 Å². The standard InChI is InChI=1S/C21H19N3O4/c1-12-7-8-16-17(9-12)24-18(23-16)13-5-4-6-14(10-13)22-11-15-19(25)27-21(2,3)28-20(15)26/h4-11,22H,1-3H3,(H,23,24). The zero-order valence-electron chi connectivity index (χ0n) is 15.7. The minimum absolute atomic E-state index is 0.191. The van der Waals surface area contributed by atoms with Crippen LogP contribution in [0.4, 0.5) is 5.69 Å². The van der Waals surface area contributed by atoms with Crippen LogP contribution in [0.15, 0.2) is 54.2 Å². The molecular weight excluding hydrogens is 358 g/mol. The molecule has 0 unspecified atom stereocenters. The quantitative estimate of drug-likeness (QED) is 0.411. The number of nitrogens with zero attached hydrogens (tertiary/aromatic N) is 1. The van der Waals surface area contributed by atoms with E-state index in [2.05, 4.69) is 15.3 Å². The van der Waals surface area contributed by atoms with E-state index < -0.39 is 17.7 Å². The fraction of sp³-hybridized carbons (Fsp3) is 0.190. The molecule has 28 heavy (non-hydrogen) atoms. The number of ether oxygens (including phenoxy) is 2. The number of carbonyl (C=O) groups is 2. The molecule has 2 N–H and O–H groups in total. The predicted octanol–water partition coefficient (Wildman–Crippen LogP) is 3.67. The Balaban J connectivity index is 1.59. The average molecular weight is 377 g/mol. The number of anilines is 1. The Morgan fingerprint density at radius 1 is 1.07 bits per heavy atom. The van der Waals surface area contributed by atoms with Gasteiger partial charge in [0.05, 0.1) is 11.0 Å². The van der Waals surface area contributed by atoms with Gasteiger partial charge in [-0.05, 0) is 36.8 Å². The molecule has 1 aliphatic heterocycles. The van der Waals surface area contributed by atoms with Gasteiger partial charge in [0.1, 0.15) is 5.82 Å². The highest BCUT2D eigenvalue weighted by atomic mass is 16.7. The number of aryl methyl sites for hydroxylation is 1. The van der Waals surface area contributed by atoms with Gasteiger partial charge in [-0.15, -0.1) is 0 Å². The Morgan fingerprint density at radius 3 is 2.57 bits per heavy atom. The summed E-state index contributed by atoms with van der Waals surface area (Å²) in [6, 6.07) is 13.5. The summed E-state index contributed by atoms with van der Waals surface area (Å²) >= 11 is 0. The zero-order valence-corrected chi connectivity index (χ0v) is 15.7. The molecule has 0 saturated carbocycles. The van der Waals surface area contributed by atoms with Crippen LogP contribution in [0, 0.1) is 6.92 Å². The van der Waals surface area contributed by atoms with Crippen LogP contribution < -0.4 is 5.32 Å². The number of nitrogens with one attached hydrogen (secondary N) is 2. The number of rotatable bonds is 3. The summed E-state index contributed by atoms with van der Waals surface area (Å²) in [7, 11) is 0. The summed E-state index contributed by atoms with van der Waals surface area (Å²) in [5.41, 5.74) is 4.37. The molecule has 1 saturated heterocycles. The van der Waals surface area contributed by atoms with E-state index in [-0.39, 0.29) is 5.57 Å². The van der Waals surface area contributed by atoms with Gasteiger partial charge in [0, 0.05) is 31.3 Å². The molecule has 7 heteroatoms. The van der Waals surface area contributed by atoms with Crippen LogP contribution in [-0.4, -0.2) is 27.7 Å². The maximum absolute atomic E-state index is 12.0. The largest absolute Gasteiger partial charge is 0.419 e. The van der Waals surface area contributed by atoms with Gasteiger partial charge in [-0.1, -0.05) is 18.2 Å². The number of aromatic nitrogens is 2. The van der Waals surface area contributed by atoms with Crippen molar-refractivity contribution < 1.29 is 19.1 Å². The molecule has 2 heterocycles. The predicted molar refractivity (Wildman–Crippen MR) is 104 cm³/mol. The number of aromatic amines is 1. The Hall–Kier alpha value is -3.61. The number of hydrogen-bond donors (Lipinski definition) is 2. The third kappa shape index (κ3) is 3.46. The SMILES string of the molecule is Cc1ccc2nc(-c3cccc(NC=C4C(=O)OC(C)(C)OC4=O)c3)[nH]c2c1. The van der Waals surface area contributed by atoms with E-state index in [0.29, 0.717) is 5.69 Å². The van der Waals surface area contributed by atoms with Crippen LogP contribution in [0.3, 0.4) is 0 Å². The Morgan fingerprint density at radius 2 is 1.82 bits per heavy atom. The van der Waals surface area contributed by atoms with Gasteiger partial charge in [0.25, 0.3) is 5.79 Å². The lowest BCUT2D eigenvalue weighted by atomic mass is 10.2. The van der Waals surface area contributed by atoms with Crippen LogP contribution in [0.5, 0.6) is 0 Å². The first-order chi connectivity index (χ1) is 13.3. The second kappa shape index (κ2) is 6.53. The summed E-state index contributed by atoms with van der Waals surface area (Å²) in [5, 5.41) is 2.95. The highest BCUT2D eigenvalue weighted by Gasteiger charge is 2.38. The van der Waals surface area contributed by atoms with E-state index >= 15 is 0 Å². The first-order valence-electron chi connectivity index (χ1n) is 8.81. The molecule has 0 amide bonds. The highest BCUT2D eigenvalue weighted by molar-refractivity contribution is 6.15. The molecule has 7 nitrogen and oxygen atoms in total. The lowest BCUT2D eigenvalue weighted by Crippen LogP contribution is -2.42. The maximum atomic E-state index is 12.0. The van der Waals surface area contributed by atoms with Crippen molar-refractivity contribution in [1.82, 2.24) is 9.97 Å². The molecule has 1 aromatic heterocycles. The molecule has 2 aromatic carbocycles. The zero-order chi connectivity index (χ0) is 19.9. The number of benzene rings is 2. The minimum atomic E-state index is -1.26. The Kier molecular flexibility index (Phi) is 4.15. The van der Waals surface area contributed by atoms with Crippen molar-refractivity contribution in [3.05, 3.63) is 59.8 Å². The average Bonchev–Trinajstić information content (AvgIpc) is 3.03. The molecule has 142 valence electrons. The number of H-pyrrole nitrogens is 1. The number of imidazole rings is 1. The van der Waals surface area contributed by atoms with Gasteiger partial charge in [0.15, 0.2) is 5.57 Å². The van der Waals surface area contributed by atoms with Gasteiger partial charge >= 0.3 is 11.9 Å². The number of hydrogen-bond acceptors (Lipinski definition) is 6. The normalized spacial score (nSPS) is 15.9. The van der Waals surface area contributed by atoms with E-state index in [1.54, 1.807) is 0 Å². The van der Waals surface area contributed by atoms with E-state index in [1.165, 1.54) is 20.0 Å². The van der Waals surface area contributed by atoms with Crippen LogP contribution >= 0.6 is 0 Å². The van der Waals surface area contributed by atoms with Crippen molar-refractivity contribution in [3.63, 3.8) is 0 Å². The van der Waals surface area contributed by atoms with Crippen molar-refractivity contribution >= 4 is 28.7 Å². The first kappa shape index (κ1) is 17.8. The van der Waals surface area contributed by atoms with E-state index in [4.69, 9.17) is 9.47 Å². The summed E-state index contributed by atoms with van der Waals surface area (Å²) in [5.74, 6) is -1.98. The number of fused-ring (bicyclic) bond motifs is 1. The van der Waals surface area contributed by atoms with Crippen LogP contribution in [0.25, 0.3) is 22.4 Å². The van der Waals surface area contributed by atoms with Crippen molar-refractivity contribution in [2.45, 2.75) is 26.6 Å². The van der Waals surface area contributed by atoms with E-state index in [9.17, 15) is 9.59 Å². The van der Waals surface area contributed by atoms with Gasteiger partial charge in [-0.25, -0.2) is 14.6 Å². The van der Waals surface area contributed by atoms with Crippen LogP contribution in [0.1, 0.15) is 19.4 Å². The van der Waals surface area contributed by atoms with E-state index in [0.717, 1.165) is 28.0 Å². The van der Waals surface area contributed by atoms with Crippen molar-refractivity contribution in [3.8, 4) is 11.4 Å². The third-order valence-electron chi connectivity index (χ3n) is 4.27. The third-order valence-corrected chi connectivity index (χ3v) is 4.27. The molecular formula is C21H19N3O4. The molecule has 0 atom stereocenters. The summed E-state index contributed by atoms with van der Waals surface area (Å²) in [6.07, 6.45) is 1.29. The van der Waals surface area contributed by atoms with Gasteiger partial charge in [-0.3, -0.25) is 0 Å². The smallest absolute Gasteiger partial charge is 0.350 e. The minimum Gasteiger partial charge on any atom is -0.419 e. The Bertz CT molecular complexity index is 1110. The fourth-order valence-corrected chi connectivity index (χ4v) is 2.95. The number of cyclic esters (lactones) is 2. The van der Waals surface area contributed by atoms with Crippen molar-refractivity contribution in [2.75, 3.05) is 5.32 Å². The lowest BCUT2D eigenvalue weighted by Gasteiger charge is -2.29. The molecule has 1 fully saturated rings. The van der Waals surface area contributed by atoms with E-state index in [1.807, 2.05) is 49.4 Å². The molecule has 1 aliphatic rings. The number of esters is 2. The molecule has 3 aromatic rings. The summed E-state index contributed by atoms with van der Waals surface area (Å²) in [4.78, 5) is 31.9. The van der Waals surface area contributed by atoms with Gasteiger partial charge < -0.3 is 19.8 Å². The molecule has 0 bridgehead atoms. The second-order valence-corrected chi connectivity index (χ2v) is 7.07. The lowest BCUT2D eigenvalue weighted by molar-refractivity contribution is -0.222. The molecule has 0 spiro atoms. The molecule has 0 radical (unpaired) electrons. The summed E-state index contributed by atoms with van der Waals surface area (Å²) < 4.78 is 10.2. The maximum Gasteiger partial charge on any atom is 0.350 e. The number of carbonyl (C=O) groups excluding carboxylic acids is 2. The van der Waals surface area contributed by atoms with Crippen molar-refractivity contribution in [1.29, 1.82) is 0 Å². The molecule has 0 aliphatic carbocycles. The topological polar surface area (TPSA) is 93.3 Å². The first-order valence-corrected chi connectivity index (χ1v) is 8.81. The summed E-state index contributed by atoms with van der Waals surface area (Å²) in [6.45, 7) is 5.04. The van der Waals surface area contributed by atoms with Crippen molar-refractivity contribution in [2.24, 2.45) is 0 Å². The van der Waals surface area contributed by atoms with Gasteiger partial charge in [-0.2, -0.15) is 0 Å². The second-order valence-electron chi connectivity index (χ2n) is 7.07. The molecule has 4 rings (SSSR count). The monoisotopic (exact) mass is 377 g/mol. The van der Waals surface area contributed by atoms with Crippen LogP contribution in [-0.2, 0) is 19.1 Å². The highest BCUT2D eigenvalue weighted by Crippen LogP contribution is 2.25. The van der Waals surface area contributed by atoms with Gasteiger partial charge in [0.2, 0.25) is 0 Å². The Labute approximate surface area is 161 Å². The fourth-order valence-electron chi connectivity index (χ4n) is 2.95.